The fourth-order valence-corrected chi connectivity index (χ4v) is 2.28. The average Bonchev–Trinajstić information content (AvgIpc) is 2.33. The van der Waals surface area contributed by atoms with Gasteiger partial charge in [-0.1, -0.05) is 0 Å². The molecule has 2 N–H and O–H groups in total. The number of aromatic nitrogens is 1. The maximum Gasteiger partial charge on any atom is 0.0897 e. The number of hydrogen-bond donors (Lipinski definition) is 1. The minimum absolute atomic E-state index is 0.402. The molecule has 2 heterocycles. The quantitative estimate of drug-likeness (QED) is 0.730. The van der Waals surface area contributed by atoms with Crippen molar-refractivity contribution in [3.63, 3.8) is 0 Å². The lowest BCUT2D eigenvalue weighted by molar-refractivity contribution is 0.144. The molecular weight excluding hydrogens is 170 g/mol. The van der Waals surface area contributed by atoms with Crippen molar-refractivity contribution in [2.45, 2.75) is 19.5 Å². The molecule has 0 amide bonds. The molecule has 2 rings (SSSR count). The highest BCUT2D eigenvalue weighted by molar-refractivity contribution is 7.11. The predicted molar refractivity (Wildman–Crippen MR) is 50.1 cm³/mol. The van der Waals surface area contributed by atoms with Gasteiger partial charge in [-0.05, 0) is 6.92 Å². The van der Waals surface area contributed by atoms with E-state index < -0.39 is 0 Å². The number of rotatable bonds is 2. The van der Waals surface area contributed by atoms with Crippen LogP contribution in [-0.2, 0) is 6.54 Å². The Morgan fingerprint density at radius 2 is 2.50 bits per heavy atom. The van der Waals surface area contributed by atoms with Crippen LogP contribution < -0.4 is 5.73 Å². The van der Waals surface area contributed by atoms with Gasteiger partial charge in [-0.25, -0.2) is 4.98 Å². The first-order chi connectivity index (χ1) is 5.74. The summed E-state index contributed by atoms with van der Waals surface area (Å²) in [7, 11) is 0. The third-order valence-corrected chi connectivity index (χ3v) is 2.93. The van der Waals surface area contributed by atoms with Gasteiger partial charge < -0.3 is 5.73 Å². The van der Waals surface area contributed by atoms with Crippen molar-refractivity contribution < 1.29 is 0 Å². The summed E-state index contributed by atoms with van der Waals surface area (Å²) >= 11 is 1.77. The van der Waals surface area contributed by atoms with Gasteiger partial charge in [-0.2, -0.15) is 0 Å². The lowest BCUT2D eigenvalue weighted by Gasteiger charge is -2.36. The summed E-state index contributed by atoms with van der Waals surface area (Å²) in [5, 5.41) is 1.15. The van der Waals surface area contributed by atoms with Gasteiger partial charge >= 0.3 is 0 Å². The zero-order valence-electron chi connectivity index (χ0n) is 7.16. The average molecular weight is 183 g/mol. The summed E-state index contributed by atoms with van der Waals surface area (Å²) in [6.45, 7) is 5.14. The predicted octanol–water partition coefficient (Wildman–Crippen LogP) is 0.594. The Labute approximate surface area is 76.2 Å². The zero-order valence-corrected chi connectivity index (χ0v) is 7.97. The smallest absolute Gasteiger partial charge is 0.0897 e. The number of hydrogen-bond acceptors (Lipinski definition) is 4. The Kier molecular flexibility index (Phi) is 2.12. The zero-order chi connectivity index (χ0) is 8.55. The molecule has 1 aliphatic heterocycles. The first-order valence-electron chi connectivity index (χ1n) is 4.13. The van der Waals surface area contributed by atoms with Gasteiger partial charge in [0, 0.05) is 36.8 Å². The molecule has 0 aromatic carbocycles. The maximum absolute atomic E-state index is 5.67. The van der Waals surface area contributed by atoms with Crippen molar-refractivity contribution in [1.82, 2.24) is 9.88 Å². The van der Waals surface area contributed by atoms with Crippen LogP contribution in [0.5, 0.6) is 0 Å². The molecule has 66 valence electrons. The Morgan fingerprint density at radius 3 is 3.00 bits per heavy atom. The molecule has 3 nitrogen and oxygen atoms in total. The van der Waals surface area contributed by atoms with Crippen molar-refractivity contribution in [3.05, 3.63) is 16.1 Å². The highest BCUT2D eigenvalue weighted by Crippen LogP contribution is 2.17. The third-order valence-electron chi connectivity index (χ3n) is 2.03. The number of nitrogens with zero attached hydrogens (tertiary/aromatic N) is 2. The van der Waals surface area contributed by atoms with Crippen LogP contribution in [0, 0.1) is 6.92 Å². The van der Waals surface area contributed by atoms with E-state index >= 15 is 0 Å². The van der Waals surface area contributed by atoms with E-state index in [2.05, 4.69) is 9.88 Å². The van der Waals surface area contributed by atoms with Crippen LogP contribution >= 0.6 is 11.3 Å². The molecular formula is C8H13N3S. The van der Waals surface area contributed by atoms with Gasteiger partial charge in [0.25, 0.3) is 0 Å². The van der Waals surface area contributed by atoms with Gasteiger partial charge in [0.1, 0.15) is 0 Å². The summed E-state index contributed by atoms with van der Waals surface area (Å²) in [6, 6.07) is 0.402. The first-order valence-corrected chi connectivity index (χ1v) is 4.95. The molecule has 1 aromatic heterocycles. The van der Waals surface area contributed by atoms with Crippen molar-refractivity contribution in [2.24, 2.45) is 5.73 Å². The van der Waals surface area contributed by atoms with E-state index in [9.17, 15) is 0 Å². The summed E-state index contributed by atoms with van der Waals surface area (Å²) in [4.78, 5) is 7.90. The molecule has 0 saturated carbocycles. The molecule has 1 aliphatic rings. The summed E-state index contributed by atoms with van der Waals surface area (Å²) in [6.07, 6.45) is 1.96. The van der Waals surface area contributed by atoms with E-state index in [1.165, 1.54) is 4.88 Å². The number of likely N-dealkylation sites (tertiary alicyclic amines) is 1. The Bertz CT molecular complexity index is 265. The fraction of sp³-hybridized carbons (Fsp3) is 0.625. The molecule has 0 spiro atoms. The summed E-state index contributed by atoms with van der Waals surface area (Å²) in [5.41, 5.74) is 5.67. The number of nitrogens with two attached hydrogens (primary N) is 1. The second-order valence-electron chi connectivity index (χ2n) is 3.30. The van der Waals surface area contributed by atoms with Crippen LogP contribution in [-0.4, -0.2) is 29.0 Å². The molecule has 4 heteroatoms. The molecule has 1 saturated heterocycles. The standard InChI is InChI=1S/C8H13N3S/c1-6-10-2-8(12-6)5-11-3-7(9)4-11/h2,7H,3-5,9H2,1H3. The van der Waals surface area contributed by atoms with Crippen LogP contribution in [0.25, 0.3) is 0 Å². The van der Waals surface area contributed by atoms with E-state index in [4.69, 9.17) is 5.73 Å². The topological polar surface area (TPSA) is 42.2 Å². The monoisotopic (exact) mass is 183 g/mol. The molecule has 0 atom stereocenters. The Morgan fingerprint density at radius 1 is 1.75 bits per heavy atom. The second-order valence-corrected chi connectivity index (χ2v) is 4.62. The van der Waals surface area contributed by atoms with Gasteiger partial charge in [0.15, 0.2) is 0 Å². The van der Waals surface area contributed by atoms with Gasteiger partial charge in [-0.3, -0.25) is 4.90 Å². The van der Waals surface area contributed by atoms with E-state index in [1.54, 1.807) is 11.3 Å². The highest BCUT2D eigenvalue weighted by Gasteiger charge is 2.22. The minimum Gasteiger partial charge on any atom is -0.325 e. The van der Waals surface area contributed by atoms with Crippen LogP contribution in [0.2, 0.25) is 0 Å². The molecule has 0 unspecified atom stereocenters. The molecule has 0 radical (unpaired) electrons. The summed E-state index contributed by atoms with van der Waals surface area (Å²) in [5.74, 6) is 0. The summed E-state index contributed by atoms with van der Waals surface area (Å²) < 4.78 is 0. The molecule has 1 fully saturated rings. The van der Waals surface area contributed by atoms with Crippen LogP contribution in [0.15, 0.2) is 6.20 Å². The van der Waals surface area contributed by atoms with Crippen LogP contribution in [0.4, 0.5) is 0 Å². The first kappa shape index (κ1) is 8.16. The van der Waals surface area contributed by atoms with E-state index in [1.807, 2.05) is 13.1 Å². The van der Waals surface area contributed by atoms with E-state index in [0.29, 0.717) is 6.04 Å². The van der Waals surface area contributed by atoms with Crippen molar-refractivity contribution in [3.8, 4) is 0 Å². The highest BCUT2D eigenvalue weighted by atomic mass is 32.1. The number of aryl methyl sites for hydroxylation is 1. The fourth-order valence-electron chi connectivity index (χ4n) is 1.44. The van der Waals surface area contributed by atoms with E-state index in [-0.39, 0.29) is 0 Å². The Balaban J connectivity index is 1.88. The normalized spacial score (nSPS) is 19.5. The second kappa shape index (κ2) is 3.12. The lowest BCUT2D eigenvalue weighted by Crippen LogP contribution is -2.54. The van der Waals surface area contributed by atoms with Gasteiger partial charge in [-0.15, -0.1) is 11.3 Å². The minimum atomic E-state index is 0.402. The lowest BCUT2D eigenvalue weighted by atomic mass is 10.1. The molecule has 12 heavy (non-hydrogen) atoms. The van der Waals surface area contributed by atoms with Crippen LogP contribution in [0.1, 0.15) is 9.88 Å². The molecule has 1 aromatic rings. The molecule has 0 aliphatic carbocycles. The van der Waals surface area contributed by atoms with Crippen LogP contribution in [0.3, 0.4) is 0 Å². The maximum atomic E-state index is 5.67. The van der Waals surface area contributed by atoms with E-state index in [0.717, 1.165) is 24.6 Å². The van der Waals surface area contributed by atoms with Crippen molar-refractivity contribution >= 4 is 11.3 Å². The largest absolute Gasteiger partial charge is 0.325 e. The molecule has 0 bridgehead atoms. The van der Waals surface area contributed by atoms with Gasteiger partial charge in [0.2, 0.25) is 0 Å². The Hall–Kier alpha value is -0.450. The van der Waals surface area contributed by atoms with Gasteiger partial charge in [0.05, 0.1) is 5.01 Å². The third kappa shape index (κ3) is 1.65. The number of thiazole rings is 1. The van der Waals surface area contributed by atoms with Crippen molar-refractivity contribution in [1.29, 1.82) is 0 Å². The SMILES string of the molecule is Cc1ncc(CN2CC(N)C2)s1. The van der Waals surface area contributed by atoms with Crippen molar-refractivity contribution in [2.75, 3.05) is 13.1 Å².